The smallest absolute Gasteiger partial charge is 0.310 e. The summed E-state index contributed by atoms with van der Waals surface area (Å²) in [6.45, 7) is 1.46. The average molecular weight is 319 g/mol. The van der Waals surface area contributed by atoms with Crippen LogP contribution in [0, 0.1) is 11.8 Å². The van der Waals surface area contributed by atoms with Gasteiger partial charge in [-0.15, -0.1) is 0 Å². The van der Waals surface area contributed by atoms with Crippen LogP contribution in [0.15, 0.2) is 0 Å². The van der Waals surface area contributed by atoms with Crippen LogP contribution in [0.5, 0.6) is 0 Å². The fourth-order valence-corrected chi connectivity index (χ4v) is 4.71. The molecule has 0 radical (unpaired) electrons. The lowest BCUT2D eigenvalue weighted by Crippen LogP contribution is -2.41. The summed E-state index contributed by atoms with van der Waals surface area (Å²) < 4.78 is 36.7. The van der Waals surface area contributed by atoms with E-state index in [1.54, 1.807) is 7.05 Å². The molecule has 0 amide bonds. The highest BCUT2D eigenvalue weighted by atomic mass is 32.2. The molecular weight excluding hydrogens is 294 g/mol. The summed E-state index contributed by atoms with van der Waals surface area (Å²) >= 11 is 0. The van der Waals surface area contributed by atoms with E-state index < -0.39 is 27.2 Å². The van der Waals surface area contributed by atoms with E-state index in [-0.39, 0.29) is 0 Å². The molecule has 2 saturated carbocycles. The highest BCUT2D eigenvalue weighted by Gasteiger charge is 2.43. The largest absolute Gasteiger partial charge is 0.469 e. The Kier molecular flexibility index (Phi) is 5.62. The molecule has 0 aromatic rings. The van der Waals surface area contributed by atoms with E-state index in [1.807, 2.05) is 0 Å². The molecule has 6 nitrogen and oxygen atoms in total. The molecule has 122 valence electrons. The Morgan fingerprint density at radius 2 is 1.95 bits per heavy atom. The molecule has 0 spiro atoms. The number of rotatable bonds is 8. The van der Waals surface area contributed by atoms with E-state index in [2.05, 4.69) is 0 Å². The third-order valence-corrected chi connectivity index (χ3v) is 6.76. The highest BCUT2D eigenvalue weighted by molar-refractivity contribution is 7.89. The van der Waals surface area contributed by atoms with Crippen molar-refractivity contribution in [2.45, 2.75) is 37.4 Å². The first-order chi connectivity index (χ1) is 9.96. The molecule has 21 heavy (non-hydrogen) atoms. The van der Waals surface area contributed by atoms with Crippen LogP contribution in [0.3, 0.4) is 0 Å². The molecular formula is C14H25NO5S. The summed E-state index contributed by atoms with van der Waals surface area (Å²) in [6, 6.07) is 0. The summed E-state index contributed by atoms with van der Waals surface area (Å²) in [6.07, 6.45) is 4.29. The van der Waals surface area contributed by atoms with Crippen LogP contribution >= 0.6 is 0 Å². The van der Waals surface area contributed by atoms with Crippen LogP contribution in [-0.2, 0) is 24.3 Å². The number of esters is 1. The van der Waals surface area contributed by atoms with E-state index in [0.717, 1.165) is 13.0 Å². The van der Waals surface area contributed by atoms with Gasteiger partial charge in [0.1, 0.15) is 0 Å². The summed E-state index contributed by atoms with van der Waals surface area (Å²) in [5.74, 6) is -0.278. The zero-order valence-corrected chi connectivity index (χ0v) is 13.6. The fraction of sp³-hybridized carbons (Fsp3) is 0.929. The van der Waals surface area contributed by atoms with Gasteiger partial charge in [-0.3, -0.25) is 4.79 Å². The maximum Gasteiger partial charge on any atom is 0.310 e. The number of ether oxygens (including phenoxy) is 2. The number of likely N-dealkylation sites (N-methyl/N-ethyl adjacent to an activating group) is 1. The van der Waals surface area contributed by atoms with Gasteiger partial charge in [0.25, 0.3) is 0 Å². The average Bonchev–Trinajstić information content (AvgIpc) is 3.15. The molecule has 0 aromatic carbocycles. The van der Waals surface area contributed by atoms with Gasteiger partial charge in [-0.05, 0) is 31.6 Å². The Morgan fingerprint density at radius 3 is 2.57 bits per heavy atom. The van der Waals surface area contributed by atoms with Gasteiger partial charge in [-0.1, -0.05) is 6.42 Å². The minimum atomic E-state index is -3.48. The number of carbonyl (C=O) groups is 1. The molecule has 0 aromatic heterocycles. The first-order valence-corrected chi connectivity index (χ1v) is 9.08. The second-order valence-corrected chi connectivity index (χ2v) is 8.24. The van der Waals surface area contributed by atoms with Gasteiger partial charge in [0.15, 0.2) is 0 Å². The normalized spacial score (nSPS) is 26.2. The number of carbonyl (C=O) groups excluding carboxylic acids is 1. The lowest BCUT2D eigenvalue weighted by molar-refractivity contribution is -0.145. The maximum absolute atomic E-state index is 12.6. The maximum atomic E-state index is 12.6. The molecule has 0 saturated heterocycles. The zero-order valence-electron chi connectivity index (χ0n) is 12.8. The van der Waals surface area contributed by atoms with Crippen LogP contribution < -0.4 is 0 Å². The van der Waals surface area contributed by atoms with Crippen molar-refractivity contribution >= 4 is 16.0 Å². The molecule has 0 aliphatic heterocycles. The first kappa shape index (κ1) is 16.7. The number of methoxy groups -OCH3 is 1. The molecule has 2 rings (SSSR count). The Morgan fingerprint density at radius 1 is 1.24 bits per heavy atom. The van der Waals surface area contributed by atoms with E-state index in [4.69, 9.17) is 9.47 Å². The van der Waals surface area contributed by atoms with Crippen molar-refractivity contribution in [1.29, 1.82) is 0 Å². The standard InChI is InChI=1S/C14H25NO5S/c1-15(8-9-20-10-11-6-7-11)21(17,18)13-5-3-4-12(13)14(16)19-2/h11-13H,3-10H2,1-2H3. The monoisotopic (exact) mass is 319 g/mol. The molecule has 2 aliphatic carbocycles. The van der Waals surface area contributed by atoms with Crippen LogP contribution in [0.4, 0.5) is 0 Å². The molecule has 2 aliphatic rings. The van der Waals surface area contributed by atoms with Crippen molar-refractivity contribution < 1.29 is 22.7 Å². The molecule has 7 heteroatoms. The van der Waals surface area contributed by atoms with Crippen molar-refractivity contribution in [2.24, 2.45) is 11.8 Å². The Labute approximate surface area is 126 Å². The molecule has 2 unspecified atom stereocenters. The number of sulfonamides is 1. The van der Waals surface area contributed by atoms with Crippen LogP contribution in [0.1, 0.15) is 32.1 Å². The minimum Gasteiger partial charge on any atom is -0.469 e. The zero-order chi connectivity index (χ0) is 15.5. The number of hydrogen-bond acceptors (Lipinski definition) is 5. The predicted octanol–water partition coefficient (Wildman–Crippen LogP) is 1.02. The second kappa shape index (κ2) is 7.07. The van der Waals surface area contributed by atoms with Gasteiger partial charge in [-0.2, -0.15) is 0 Å². The SMILES string of the molecule is COC(=O)C1CCCC1S(=O)(=O)N(C)CCOCC1CC1. The van der Waals surface area contributed by atoms with E-state index in [9.17, 15) is 13.2 Å². The Balaban J connectivity index is 1.87. The van der Waals surface area contributed by atoms with Crippen molar-refractivity contribution in [3.05, 3.63) is 0 Å². The molecule has 2 atom stereocenters. The summed E-state index contributed by atoms with van der Waals surface area (Å²) in [4.78, 5) is 11.7. The lowest BCUT2D eigenvalue weighted by atomic mass is 10.1. The Hall–Kier alpha value is -0.660. The van der Waals surface area contributed by atoms with Gasteiger partial charge in [0.05, 0.1) is 24.9 Å². The summed E-state index contributed by atoms with van der Waals surface area (Å²) in [5, 5.41) is -0.654. The fourth-order valence-electron chi connectivity index (χ4n) is 2.79. The second-order valence-electron chi connectivity index (χ2n) is 5.98. The third kappa shape index (κ3) is 4.17. The Bertz CT molecular complexity index is 460. The lowest BCUT2D eigenvalue weighted by Gasteiger charge is -2.24. The van der Waals surface area contributed by atoms with Gasteiger partial charge >= 0.3 is 5.97 Å². The van der Waals surface area contributed by atoms with Gasteiger partial charge in [0, 0.05) is 20.2 Å². The van der Waals surface area contributed by atoms with Gasteiger partial charge < -0.3 is 9.47 Å². The molecule has 2 fully saturated rings. The van der Waals surface area contributed by atoms with Gasteiger partial charge in [0.2, 0.25) is 10.0 Å². The van der Waals surface area contributed by atoms with E-state index >= 15 is 0 Å². The third-order valence-electron chi connectivity index (χ3n) is 4.37. The molecule has 0 heterocycles. The predicted molar refractivity (Wildman–Crippen MR) is 78.2 cm³/mol. The number of hydrogen-bond donors (Lipinski definition) is 0. The van der Waals surface area contributed by atoms with E-state index in [1.165, 1.54) is 24.3 Å². The quantitative estimate of drug-likeness (QED) is 0.493. The van der Waals surface area contributed by atoms with Crippen LogP contribution in [0.2, 0.25) is 0 Å². The van der Waals surface area contributed by atoms with Crippen molar-refractivity contribution in [3.63, 3.8) is 0 Å². The first-order valence-electron chi connectivity index (χ1n) is 7.57. The topological polar surface area (TPSA) is 72.9 Å². The number of nitrogens with zero attached hydrogens (tertiary/aromatic N) is 1. The minimum absolute atomic E-state index is 0.333. The summed E-state index contributed by atoms with van der Waals surface area (Å²) in [7, 11) is -0.612. The molecule has 0 bridgehead atoms. The van der Waals surface area contributed by atoms with Crippen LogP contribution in [0.25, 0.3) is 0 Å². The molecule has 0 N–H and O–H groups in total. The van der Waals surface area contributed by atoms with Crippen molar-refractivity contribution in [3.8, 4) is 0 Å². The van der Waals surface area contributed by atoms with Crippen molar-refractivity contribution in [1.82, 2.24) is 4.31 Å². The van der Waals surface area contributed by atoms with Gasteiger partial charge in [-0.25, -0.2) is 12.7 Å². The van der Waals surface area contributed by atoms with Crippen LogP contribution in [-0.4, -0.2) is 57.9 Å². The highest BCUT2D eigenvalue weighted by Crippen LogP contribution is 2.33. The van der Waals surface area contributed by atoms with Crippen molar-refractivity contribution in [2.75, 3.05) is 33.9 Å². The summed E-state index contributed by atoms with van der Waals surface area (Å²) in [5.41, 5.74) is 0. The van der Waals surface area contributed by atoms with E-state index in [0.29, 0.717) is 31.9 Å².